The summed E-state index contributed by atoms with van der Waals surface area (Å²) < 4.78 is 0. The highest BCUT2D eigenvalue weighted by molar-refractivity contribution is 7.07. The van der Waals surface area contributed by atoms with Crippen LogP contribution in [0, 0.1) is 0 Å². The SMILES string of the molecule is C=CC(O)Cc1ccsc1. The van der Waals surface area contributed by atoms with Gasteiger partial charge in [-0.2, -0.15) is 11.3 Å². The van der Waals surface area contributed by atoms with Gasteiger partial charge in [0.25, 0.3) is 0 Å². The van der Waals surface area contributed by atoms with E-state index in [0.29, 0.717) is 6.42 Å². The molecular weight excluding hydrogens is 144 g/mol. The van der Waals surface area contributed by atoms with Crippen molar-refractivity contribution in [2.45, 2.75) is 12.5 Å². The van der Waals surface area contributed by atoms with Crippen molar-refractivity contribution >= 4 is 11.3 Å². The Morgan fingerprint density at radius 3 is 3.10 bits per heavy atom. The first kappa shape index (κ1) is 7.51. The monoisotopic (exact) mass is 154 g/mol. The molecule has 1 atom stereocenters. The van der Waals surface area contributed by atoms with E-state index in [-0.39, 0.29) is 0 Å². The molecule has 0 fully saturated rings. The van der Waals surface area contributed by atoms with Crippen LogP contribution in [-0.2, 0) is 6.42 Å². The lowest BCUT2D eigenvalue weighted by molar-refractivity contribution is 0.224. The molecule has 1 aromatic rings. The zero-order valence-corrected chi connectivity index (χ0v) is 6.47. The summed E-state index contributed by atoms with van der Waals surface area (Å²) in [5, 5.41) is 13.2. The van der Waals surface area contributed by atoms with Gasteiger partial charge in [0, 0.05) is 6.42 Å². The summed E-state index contributed by atoms with van der Waals surface area (Å²) in [4.78, 5) is 0. The van der Waals surface area contributed by atoms with Crippen molar-refractivity contribution in [2.75, 3.05) is 0 Å². The van der Waals surface area contributed by atoms with Gasteiger partial charge in [-0.1, -0.05) is 6.08 Å². The van der Waals surface area contributed by atoms with Crippen molar-refractivity contribution in [1.29, 1.82) is 0 Å². The van der Waals surface area contributed by atoms with Gasteiger partial charge in [0.05, 0.1) is 6.10 Å². The van der Waals surface area contributed by atoms with Crippen molar-refractivity contribution < 1.29 is 5.11 Å². The fourth-order valence-corrected chi connectivity index (χ4v) is 1.42. The van der Waals surface area contributed by atoms with E-state index in [1.165, 1.54) is 5.56 Å². The van der Waals surface area contributed by atoms with Crippen molar-refractivity contribution in [1.82, 2.24) is 0 Å². The first-order valence-corrected chi connectivity index (χ1v) is 4.09. The van der Waals surface area contributed by atoms with Crippen LogP contribution in [-0.4, -0.2) is 11.2 Å². The van der Waals surface area contributed by atoms with Gasteiger partial charge in [-0.25, -0.2) is 0 Å². The molecule has 1 N–H and O–H groups in total. The topological polar surface area (TPSA) is 20.2 Å². The van der Waals surface area contributed by atoms with Crippen molar-refractivity contribution in [3.05, 3.63) is 35.0 Å². The van der Waals surface area contributed by atoms with E-state index in [1.807, 2.05) is 16.8 Å². The third kappa shape index (κ3) is 1.97. The van der Waals surface area contributed by atoms with E-state index in [9.17, 15) is 0 Å². The van der Waals surface area contributed by atoms with E-state index in [0.717, 1.165) is 0 Å². The molecule has 1 aromatic heterocycles. The maximum atomic E-state index is 9.12. The number of hydrogen-bond acceptors (Lipinski definition) is 2. The molecular formula is C8H10OS. The highest BCUT2D eigenvalue weighted by Gasteiger charge is 1.99. The van der Waals surface area contributed by atoms with E-state index >= 15 is 0 Å². The lowest BCUT2D eigenvalue weighted by Crippen LogP contribution is -2.04. The molecule has 2 heteroatoms. The van der Waals surface area contributed by atoms with Crippen LogP contribution >= 0.6 is 11.3 Å². The van der Waals surface area contributed by atoms with E-state index in [2.05, 4.69) is 6.58 Å². The minimum atomic E-state index is -0.394. The van der Waals surface area contributed by atoms with Gasteiger partial charge in [0.1, 0.15) is 0 Å². The normalized spacial score (nSPS) is 12.9. The molecule has 1 rings (SSSR count). The lowest BCUT2D eigenvalue weighted by atomic mass is 10.1. The fourth-order valence-electron chi connectivity index (χ4n) is 0.734. The molecule has 0 aliphatic carbocycles. The van der Waals surface area contributed by atoms with Crippen LogP contribution in [0.3, 0.4) is 0 Å². The second kappa shape index (κ2) is 3.54. The maximum Gasteiger partial charge on any atom is 0.0758 e. The average molecular weight is 154 g/mol. The summed E-state index contributed by atoms with van der Waals surface area (Å²) in [6, 6.07) is 2.01. The Kier molecular flexibility index (Phi) is 2.66. The zero-order chi connectivity index (χ0) is 7.40. The van der Waals surface area contributed by atoms with Crippen molar-refractivity contribution in [2.24, 2.45) is 0 Å². The third-order valence-electron chi connectivity index (χ3n) is 1.30. The highest BCUT2D eigenvalue weighted by Crippen LogP contribution is 2.08. The summed E-state index contributed by atoms with van der Waals surface area (Å²) in [5.41, 5.74) is 1.18. The van der Waals surface area contributed by atoms with Crippen molar-refractivity contribution in [3.8, 4) is 0 Å². The molecule has 1 nitrogen and oxygen atoms in total. The van der Waals surface area contributed by atoms with Crippen LogP contribution in [0.4, 0.5) is 0 Å². The minimum absolute atomic E-state index is 0.394. The molecule has 0 aliphatic heterocycles. The molecule has 0 saturated carbocycles. The van der Waals surface area contributed by atoms with Crippen LogP contribution < -0.4 is 0 Å². The predicted molar refractivity (Wildman–Crippen MR) is 44.2 cm³/mol. The molecule has 1 heterocycles. The van der Waals surface area contributed by atoms with Gasteiger partial charge in [-0.15, -0.1) is 6.58 Å². The average Bonchev–Trinajstić information content (AvgIpc) is 2.40. The number of hydrogen-bond donors (Lipinski definition) is 1. The van der Waals surface area contributed by atoms with Crippen LogP contribution in [0.25, 0.3) is 0 Å². The largest absolute Gasteiger partial charge is 0.389 e. The summed E-state index contributed by atoms with van der Waals surface area (Å²) in [5.74, 6) is 0. The predicted octanol–water partition coefficient (Wildman–Crippen LogP) is 1.84. The maximum absolute atomic E-state index is 9.12. The lowest BCUT2D eigenvalue weighted by Gasteiger charge is -2.00. The summed E-state index contributed by atoms with van der Waals surface area (Å²) >= 11 is 1.65. The summed E-state index contributed by atoms with van der Waals surface area (Å²) in [7, 11) is 0. The van der Waals surface area contributed by atoms with E-state index < -0.39 is 6.10 Å². The zero-order valence-electron chi connectivity index (χ0n) is 5.66. The Labute approximate surface area is 64.6 Å². The Morgan fingerprint density at radius 2 is 2.60 bits per heavy atom. The minimum Gasteiger partial charge on any atom is -0.389 e. The molecule has 0 saturated heterocycles. The van der Waals surface area contributed by atoms with E-state index in [1.54, 1.807) is 17.4 Å². The third-order valence-corrected chi connectivity index (χ3v) is 2.03. The Hall–Kier alpha value is -0.600. The second-order valence-electron chi connectivity index (χ2n) is 2.14. The molecule has 1 unspecified atom stereocenters. The smallest absolute Gasteiger partial charge is 0.0758 e. The summed E-state index contributed by atoms with van der Waals surface area (Å²) in [6.07, 6.45) is 1.85. The fraction of sp³-hybridized carbons (Fsp3) is 0.250. The standard InChI is InChI=1S/C8H10OS/c1-2-8(9)5-7-3-4-10-6-7/h2-4,6,8-9H,1,5H2. The Bertz CT molecular complexity index is 191. The van der Waals surface area contributed by atoms with Gasteiger partial charge in [0.15, 0.2) is 0 Å². The molecule has 0 bridgehead atoms. The van der Waals surface area contributed by atoms with Crippen LogP contribution in [0.1, 0.15) is 5.56 Å². The Morgan fingerprint density at radius 1 is 1.80 bits per heavy atom. The summed E-state index contributed by atoms with van der Waals surface area (Å²) in [6.45, 7) is 3.49. The highest BCUT2D eigenvalue weighted by atomic mass is 32.1. The number of rotatable bonds is 3. The van der Waals surface area contributed by atoms with Crippen LogP contribution in [0.2, 0.25) is 0 Å². The van der Waals surface area contributed by atoms with Crippen molar-refractivity contribution in [3.63, 3.8) is 0 Å². The second-order valence-corrected chi connectivity index (χ2v) is 2.92. The van der Waals surface area contributed by atoms with Crippen LogP contribution in [0.5, 0.6) is 0 Å². The molecule has 0 spiro atoms. The van der Waals surface area contributed by atoms with Gasteiger partial charge >= 0.3 is 0 Å². The first-order chi connectivity index (χ1) is 4.83. The molecule has 0 radical (unpaired) electrons. The molecule has 54 valence electrons. The van der Waals surface area contributed by atoms with E-state index in [4.69, 9.17) is 5.11 Å². The number of aliphatic hydroxyl groups is 1. The molecule has 10 heavy (non-hydrogen) atoms. The van der Waals surface area contributed by atoms with Gasteiger partial charge in [-0.05, 0) is 22.4 Å². The van der Waals surface area contributed by atoms with Crippen LogP contribution in [0.15, 0.2) is 29.5 Å². The van der Waals surface area contributed by atoms with Gasteiger partial charge in [0.2, 0.25) is 0 Å². The number of thiophene rings is 1. The quantitative estimate of drug-likeness (QED) is 0.659. The molecule has 0 amide bonds. The van der Waals surface area contributed by atoms with Gasteiger partial charge < -0.3 is 5.11 Å². The first-order valence-electron chi connectivity index (χ1n) is 3.14. The molecule has 0 aliphatic rings. The number of aliphatic hydroxyl groups excluding tert-OH is 1. The van der Waals surface area contributed by atoms with Gasteiger partial charge in [-0.3, -0.25) is 0 Å². The Balaban J connectivity index is 2.47. The molecule has 0 aromatic carbocycles.